The van der Waals surface area contributed by atoms with Gasteiger partial charge in [0.05, 0.1) is 5.69 Å². The van der Waals surface area contributed by atoms with Crippen LogP contribution in [0.15, 0.2) is 48.5 Å². The Bertz CT molecular complexity index is 635. The maximum absolute atomic E-state index is 12.3. The van der Waals surface area contributed by atoms with Crippen LogP contribution in [0.25, 0.3) is 0 Å². The van der Waals surface area contributed by atoms with Crippen LogP contribution in [0.5, 0.6) is 5.75 Å². The summed E-state index contributed by atoms with van der Waals surface area (Å²) >= 11 is 0. The first-order chi connectivity index (χ1) is 9.61. The second kappa shape index (κ2) is 6.02. The Balaban J connectivity index is 2.32. The van der Waals surface area contributed by atoms with Crippen molar-refractivity contribution in [2.75, 3.05) is 5.73 Å². The van der Waals surface area contributed by atoms with Gasteiger partial charge in [-0.25, -0.2) is 0 Å². The highest BCUT2D eigenvalue weighted by Gasteiger charge is 2.13. The molecule has 2 aromatic carbocycles. The van der Waals surface area contributed by atoms with E-state index >= 15 is 0 Å². The summed E-state index contributed by atoms with van der Waals surface area (Å²) in [5.41, 5.74) is 7.08. The van der Waals surface area contributed by atoms with E-state index in [1.54, 1.807) is 43.3 Å². The van der Waals surface area contributed by atoms with Crippen molar-refractivity contribution in [3.05, 3.63) is 59.7 Å². The first-order valence-corrected chi connectivity index (χ1v) is 6.31. The van der Waals surface area contributed by atoms with E-state index in [0.717, 1.165) is 0 Å². The Kier molecular flexibility index (Phi) is 4.15. The maximum atomic E-state index is 12.3. The van der Waals surface area contributed by atoms with Crippen LogP contribution >= 0.6 is 0 Å². The zero-order valence-corrected chi connectivity index (χ0v) is 11.1. The molecule has 0 aliphatic heterocycles. The van der Waals surface area contributed by atoms with E-state index in [2.05, 4.69) is 0 Å². The van der Waals surface area contributed by atoms with E-state index in [9.17, 15) is 9.59 Å². The molecule has 2 N–H and O–H groups in total. The topological polar surface area (TPSA) is 69.4 Å². The monoisotopic (exact) mass is 269 g/mol. The lowest BCUT2D eigenvalue weighted by molar-refractivity contribution is -0.133. The predicted octanol–water partition coefficient (Wildman–Crippen LogP) is 2.82. The highest BCUT2D eigenvalue weighted by molar-refractivity contribution is 6.09. The smallest absolute Gasteiger partial charge is 0.310 e. The van der Waals surface area contributed by atoms with Crippen molar-refractivity contribution in [1.82, 2.24) is 0 Å². The van der Waals surface area contributed by atoms with Crippen molar-refractivity contribution in [2.24, 2.45) is 0 Å². The van der Waals surface area contributed by atoms with Crippen LogP contribution in [0.2, 0.25) is 0 Å². The molecular weight excluding hydrogens is 254 g/mol. The third-order valence-electron chi connectivity index (χ3n) is 2.82. The van der Waals surface area contributed by atoms with Gasteiger partial charge in [0, 0.05) is 17.5 Å². The van der Waals surface area contributed by atoms with Gasteiger partial charge in [0.1, 0.15) is 0 Å². The number of nitrogen functional groups attached to an aromatic ring is 1. The minimum atomic E-state index is -0.388. The zero-order valence-electron chi connectivity index (χ0n) is 11.1. The average molecular weight is 269 g/mol. The van der Waals surface area contributed by atoms with Crippen molar-refractivity contribution in [3.63, 3.8) is 0 Å². The van der Waals surface area contributed by atoms with Gasteiger partial charge in [-0.05, 0) is 18.2 Å². The van der Waals surface area contributed by atoms with Gasteiger partial charge in [-0.3, -0.25) is 9.59 Å². The summed E-state index contributed by atoms with van der Waals surface area (Å²) in [6.07, 6.45) is 0.246. The van der Waals surface area contributed by atoms with Crippen LogP contribution in [-0.4, -0.2) is 11.8 Å². The van der Waals surface area contributed by atoms with Crippen LogP contribution in [0, 0.1) is 0 Å². The lowest BCUT2D eigenvalue weighted by Gasteiger charge is -2.08. The molecule has 0 radical (unpaired) electrons. The molecule has 0 unspecified atom stereocenters. The lowest BCUT2D eigenvalue weighted by atomic mass is 10.0. The van der Waals surface area contributed by atoms with E-state index in [4.69, 9.17) is 10.5 Å². The lowest BCUT2D eigenvalue weighted by Crippen LogP contribution is -2.09. The second-order valence-corrected chi connectivity index (χ2v) is 4.28. The summed E-state index contributed by atoms with van der Waals surface area (Å²) < 4.78 is 5.10. The molecule has 0 spiro atoms. The number of hydrogen-bond donors (Lipinski definition) is 1. The molecule has 2 rings (SSSR count). The largest absolute Gasteiger partial charge is 0.424 e. The molecule has 0 heterocycles. The standard InChI is InChI=1S/C16H15NO3/c1-2-15(18)20-14-10-12(8-9-13(14)17)16(19)11-6-4-3-5-7-11/h3-10H,2,17H2,1H3. The Hall–Kier alpha value is -2.62. The summed E-state index contributed by atoms with van der Waals surface area (Å²) in [5, 5.41) is 0. The second-order valence-electron chi connectivity index (χ2n) is 4.28. The van der Waals surface area contributed by atoms with E-state index in [-0.39, 0.29) is 23.9 Å². The first kappa shape index (κ1) is 13.8. The summed E-state index contributed by atoms with van der Waals surface area (Å²) in [5.74, 6) is -0.306. The molecule has 0 saturated heterocycles. The van der Waals surface area contributed by atoms with Gasteiger partial charge in [0.2, 0.25) is 0 Å². The van der Waals surface area contributed by atoms with Gasteiger partial charge < -0.3 is 10.5 Å². The molecule has 0 fully saturated rings. The Morgan fingerprint density at radius 2 is 1.75 bits per heavy atom. The number of esters is 1. The summed E-state index contributed by atoms with van der Waals surface area (Å²) in [6, 6.07) is 13.6. The summed E-state index contributed by atoms with van der Waals surface area (Å²) in [4.78, 5) is 23.6. The molecule has 0 saturated carbocycles. The fraction of sp³-hybridized carbons (Fsp3) is 0.125. The molecule has 20 heavy (non-hydrogen) atoms. The SMILES string of the molecule is CCC(=O)Oc1cc(C(=O)c2ccccc2)ccc1N. The third kappa shape index (κ3) is 3.03. The van der Waals surface area contributed by atoms with Crippen LogP contribution in [0.4, 0.5) is 5.69 Å². The number of ketones is 1. The number of carbonyl (C=O) groups excluding carboxylic acids is 2. The van der Waals surface area contributed by atoms with E-state index in [1.165, 1.54) is 6.07 Å². The molecule has 0 bridgehead atoms. The minimum Gasteiger partial charge on any atom is -0.424 e. The van der Waals surface area contributed by atoms with E-state index in [0.29, 0.717) is 16.8 Å². The highest BCUT2D eigenvalue weighted by atomic mass is 16.5. The molecule has 0 amide bonds. The number of rotatable bonds is 4. The van der Waals surface area contributed by atoms with Crippen molar-refractivity contribution in [2.45, 2.75) is 13.3 Å². The molecule has 4 nitrogen and oxygen atoms in total. The number of benzene rings is 2. The molecule has 0 aliphatic rings. The number of anilines is 1. The first-order valence-electron chi connectivity index (χ1n) is 6.31. The maximum Gasteiger partial charge on any atom is 0.310 e. The van der Waals surface area contributed by atoms with Crippen LogP contribution in [-0.2, 0) is 4.79 Å². The van der Waals surface area contributed by atoms with Gasteiger partial charge in [-0.15, -0.1) is 0 Å². The van der Waals surface area contributed by atoms with Crippen LogP contribution in [0.3, 0.4) is 0 Å². The summed E-state index contributed by atoms with van der Waals surface area (Å²) in [6.45, 7) is 1.69. The fourth-order valence-corrected chi connectivity index (χ4v) is 1.71. The van der Waals surface area contributed by atoms with Crippen molar-refractivity contribution < 1.29 is 14.3 Å². The van der Waals surface area contributed by atoms with E-state index in [1.807, 2.05) is 6.07 Å². The van der Waals surface area contributed by atoms with Crippen LogP contribution in [0.1, 0.15) is 29.3 Å². The van der Waals surface area contributed by atoms with Gasteiger partial charge in [0.25, 0.3) is 0 Å². The van der Waals surface area contributed by atoms with Gasteiger partial charge in [-0.2, -0.15) is 0 Å². The Morgan fingerprint density at radius 1 is 1.05 bits per heavy atom. The Labute approximate surface area is 117 Å². The average Bonchev–Trinajstić information content (AvgIpc) is 2.49. The van der Waals surface area contributed by atoms with Gasteiger partial charge in [0.15, 0.2) is 11.5 Å². The minimum absolute atomic E-state index is 0.139. The quantitative estimate of drug-likeness (QED) is 0.401. The number of ether oxygens (including phenoxy) is 1. The van der Waals surface area contributed by atoms with Crippen molar-refractivity contribution in [3.8, 4) is 5.75 Å². The zero-order chi connectivity index (χ0) is 14.5. The predicted molar refractivity (Wildman–Crippen MR) is 76.7 cm³/mol. The van der Waals surface area contributed by atoms with Gasteiger partial charge in [-0.1, -0.05) is 37.3 Å². The fourth-order valence-electron chi connectivity index (χ4n) is 1.71. The molecule has 4 heteroatoms. The van der Waals surface area contributed by atoms with Crippen LogP contribution < -0.4 is 10.5 Å². The normalized spacial score (nSPS) is 10.1. The van der Waals surface area contributed by atoms with Gasteiger partial charge >= 0.3 is 5.97 Å². The number of hydrogen-bond acceptors (Lipinski definition) is 4. The number of nitrogens with two attached hydrogens (primary N) is 1. The molecular formula is C16H15NO3. The highest BCUT2D eigenvalue weighted by Crippen LogP contribution is 2.24. The van der Waals surface area contributed by atoms with Crippen molar-refractivity contribution in [1.29, 1.82) is 0 Å². The Morgan fingerprint density at radius 3 is 2.40 bits per heavy atom. The van der Waals surface area contributed by atoms with Crippen molar-refractivity contribution >= 4 is 17.4 Å². The molecule has 0 atom stereocenters. The summed E-state index contributed by atoms with van der Waals surface area (Å²) in [7, 11) is 0. The molecule has 102 valence electrons. The molecule has 0 aliphatic carbocycles. The number of carbonyl (C=O) groups is 2. The molecule has 0 aromatic heterocycles. The van der Waals surface area contributed by atoms with E-state index < -0.39 is 0 Å². The third-order valence-corrected chi connectivity index (χ3v) is 2.82. The molecule has 2 aromatic rings.